The first-order chi connectivity index (χ1) is 7.93. The molecule has 0 radical (unpaired) electrons. The number of aliphatic carboxylic acids is 1. The van der Waals surface area contributed by atoms with E-state index in [1.165, 1.54) is 11.8 Å². The SMILES string of the molecule is CC(=O)SCC(Cl)C(=O)N1CCC[C@H]1C(=O)O. The molecule has 0 aliphatic carbocycles. The summed E-state index contributed by atoms with van der Waals surface area (Å²) >= 11 is 6.84. The van der Waals surface area contributed by atoms with Crippen LogP contribution >= 0.6 is 23.4 Å². The fourth-order valence-electron chi connectivity index (χ4n) is 1.73. The summed E-state index contributed by atoms with van der Waals surface area (Å²) in [4.78, 5) is 34.8. The van der Waals surface area contributed by atoms with Crippen LogP contribution in [0.15, 0.2) is 0 Å². The molecule has 5 nitrogen and oxygen atoms in total. The lowest BCUT2D eigenvalue weighted by Crippen LogP contribution is -2.44. The lowest BCUT2D eigenvalue weighted by atomic mass is 10.2. The van der Waals surface area contributed by atoms with Gasteiger partial charge in [-0.15, -0.1) is 11.6 Å². The van der Waals surface area contributed by atoms with Crippen LogP contribution in [0.5, 0.6) is 0 Å². The number of hydrogen-bond acceptors (Lipinski definition) is 4. The van der Waals surface area contributed by atoms with Crippen LogP contribution in [0.4, 0.5) is 0 Å². The zero-order valence-electron chi connectivity index (χ0n) is 9.39. The second kappa shape index (κ2) is 6.26. The van der Waals surface area contributed by atoms with Crippen LogP contribution in [0, 0.1) is 0 Å². The number of halogens is 1. The molecule has 1 heterocycles. The van der Waals surface area contributed by atoms with E-state index in [0.717, 1.165) is 11.8 Å². The highest BCUT2D eigenvalue weighted by molar-refractivity contribution is 8.13. The quantitative estimate of drug-likeness (QED) is 0.776. The van der Waals surface area contributed by atoms with Gasteiger partial charge in [-0.2, -0.15) is 0 Å². The Bertz CT molecular complexity index is 336. The van der Waals surface area contributed by atoms with Gasteiger partial charge in [0.25, 0.3) is 0 Å². The Hall–Kier alpha value is -0.750. The summed E-state index contributed by atoms with van der Waals surface area (Å²) in [5.41, 5.74) is 0. The maximum absolute atomic E-state index is 11.9. The van der Waals surface area contributed by atoms with Crippen LogP contribution in [0.25, 0.3) is 0 Å². The predicted octanol–water partition coefficient (Wildman–Crippen LogP) is 0.949. The average molecular weight is 280 g/mol. The Morgan fingerprint density at radius 1 is 1.53 bits per heavy atom. The molecule has 1 fully saturated rings. The molecule has 17 heavy (non-hydrogen) atoms. The molecule has 2 atom stereocenters. The molecule has 1 saturated heterocycles. The van der Waals surface area contributed by atoms with Gasteiger partial charge in [0, 0.05) is 19.2 Å². The molecule has 1 aliphatic heterocycles. The highest BCUT2D eigenvalue weighted by atomic mass is 35.5. The Labute approximate surface area is 108 Å². The molecule has 7 heteroatoms. The van der Waals surface area contributed by atoms with Crippen LogP contribution in [0.1, 0.15) is 19.8 Å². The van der Waals surface area contributed by atoms with Crippen molar-refractivity contribution in [3.05, 3.63) is 0 Å². The minimum atomic E-state index is -1.00. The molecule has 0 bridgehead atoms. The zero-order valence-corrected chi connectivity index (χ0v) is 11.0. The van der Waals surface area contributed by atoms with Gasteiger partial charge in [-0.1, -0.05) is 11.8 Å². The summed E-state index contributed by atoms with van der Waals surface area (Å²) in [5.74, 6) is -1.22. The monoisotopic (exact) mass is 279 g/mol. The van der Waals surface area contributed by atoms with Gasteiger partial charge in [-0.25, -0.2) is 4.79 Å². The number of nitrogens with zero attached hydrogens (tertiary/aromatic N) is 1. The first-order valence-corrected chi connectivity index (χ1v) is 6.66. The topological polar surface area (TPSA) is 74.7 Å². The Kier molecular flexibility index (Phi) is 5.27. The van der Waals surface area contributed by atoms with E-state index in [9.17, 15) is 14.4 Å². The second-order valence-electron chi connectivity index (χ2n) is 3.80. The molecule has 1 unspecified atom stereocenters. The Balaban J connectivity index is 2.56. The van der Waals surface area contributed by atoms with Gasteiger partial charge < -0.3 is 10.0 Å². The summed E-state index contributed by atoms with van der Waals surface area (Å²) in [5, 5.41) is 7.98. The van der Waals surface area contributed by atoms with Gasteiger partial charge in [-0.05, 0) is 12.8 Å². The maximum atomic E-state index is 11.9. The number of amides is 1. The fourth-order valence-corrected chi connectivity index (χ4v) is 2.57. The van der Waals surface area contributed by atoms with Crippen LogP contribution in [0.3, 0.4) is 0 Å². The number of likely N-dealkylation sites (tertiary alicyclic amines) is 1. The summed E-state index contributed by atoms with van der Waals surface area (Å²) in [6.45, 7) is 1.82. The lowest BCUT2D eigenvalue weighted by molar-refractivity contribution is -0.147. The third-order valence-electron chi connectivity index (χ3n) is 2.52. The van der Waals surface area contributed by atoms with Gasteiger partial charge in [-0.3, -0.25) is 9.59 Å². The molecule has 0 aromatic rings. The van der Waals surface area contributed by atoms with Crippen LogP contribution < -0.4 is 0 Å². The van der Waals surface area contributed by atoms with E-state index in [1.807, 2.05) is 0 Å². The van der Waals surface area contributed by atoms with E-state index in [-0.39, 0.29) is 10.9 Å². The zero-order chi connectivity index (χ0) is 13.0. The van der Waals surface area contributed by atoms with Crippen molar-refractivity contribution in [2.45, 2.75) is 31.2 Å². The summed E-state index contributed by atoms with van der Waals surface area (Å²) in [6, 6.07) is -0.772. The molecule has 0 aromatic carbocycles. The number of hydrogen-bond donors (Lipinski definition) is 1. The van der Waals surface area contributed by atoms with E-state index < -0.39 is 23.3 Å². The fraction of sp³-hybridized carbons (Fsp3) is 0.700. The molecular weight excluding hydrogens is 266 g/mol. The minimum Gasteiger partial charge on any atom is -0.480 e. The van der Waals surface area contributed by atoms with E-state index in [2.05, 4.69) is 0 Å². The van der Waals surface area contributed by atoms with Crippen molar-refractivity contribution in [2.75, 3.05) is 12.3 Å². The number of carboxylic acids is 1. The van der Waals surface area contributed by atoms with E-state index in [4.69, 9.17) is 16.7 Å². The van der Waals surface area contributed by atoms with E-state index in [1.54, 1.807) is 0 Å². The van der Waals surface area contributed by atoms with Crippen molar-refractivity contribution < 1.29 is 19.5 Å². The van der Waals surface area contributed by atoms with Crippen LogP contribution in [-0.4, -0.2) is 50.7 Å². The van der Waals surface area contributed by atoms with E-state index >= 15 is 0 Å². The smallest absolute Gasteiger partial charge is 0.326 e. The van der Waals surface area contributed by atoms with Crippen LogP contribution in [-0.2, 0) is 14.4 Å². The molecule has 0 spiro atoms. The van der Waals surface area contributed by atoms with Gasteiger partial charge >= 0.3 is 5.97 Å². The lowest BCUT2D eigenvalue weighted by Gasteiger charge is -2.23. The molecule has 0 saturated carbocycles. The van der Waals surface area contributed by atoms with Gasteiger partial charge in [0.2, 0.25) is 5.91 Å². The van der Waals surface area contributed by atoms with Crippen molar-refractivity contribution in [3.63, 3.8) is 0 Å². The molecule has 1 amide bonds. The highest BCUT2D eigenvalue weighted by Crippen LogP contribution is 2.21. The summed E-state index contributed by atoms with van der Waals surface area (Å²) < 4.78 is 0. The first kappa shape index (κ1) is 14.3. The van der Waals surface area contributed by atoms with Gasteiger partial charge in [0.1, 0.15) is 11.4 Å². The minimum absolute atomic E-state index is 0.111. The van der Waals surface area contributed by atoms with Crippen molar-refractivity contribution in [1.29, 1.82) is 0 Å². The second-order valence-corrected chi connectivity index (χ2v) is 5.52. The number of carbonyl (C=O) groups is 3. The first-order valence-electron chi connectivity index (χ1n) is 5.24. The van der Waals surface area contributed by atoms with Crippen LogP contribution in [0.2, 0.25) is 0 Å². The third kappa shape index (κ3) is 3.89. The standard InChI is InChI=1S/C10H14ClNO4S/c1-6(13)17-5-7(11)9(14)12-4-2-3-8(12)10(15)16/h7-8H,2-5H2,1H3,(H,15,16)/t7?,8-/m0/s1. The summed E-state index contributed by atoms with van der Waals surface area (Å²) in [6.07, 6.45) is 1.14. The Morgan fingerprint density at radius 3 is 2.71 bits per heavy atom. The molecule has 1 rings (SSSR count). The maximum Gasteiger partial charge on any atom is 0.326 e. The predicted molar refractivity (Wildman–Crippen MR) is 65.2 cm³/mol. The molecule has 1 aliphatic rings. The number of carboxylic acid groups (broad SMARTS) is 1. The number of carbonyl (C=O) groups excluding carboxylic acids is 2. The van der Waals surface area contributed by atoms with Crippen molar-refractivity contribution >= 4 is 40.4 Å². The number of thioether (sulfide) groups is 1. The third-order valence-corrected chi connectivity index (χ3v) is 3.95. The normalized spacial score (nSPS) is 21.3. The number of alkyl halides is 1. The molecule has 1 N–H and O–H groups in total. The van der Waals surface area contributed by atoms with Gasteiger partial charge in [0.15, 0.2) is 5.12 Å². The van der Waals surface area contributed by atoms with Crippen molar-refractivity contribution in [1.82, 2.24) is 4.90 Å². The average Bonchev–Trinajstić information content (AvgIpc) is 2.73. The van der Waals surface area contributed by atoms with Gasteiger partial charge in [0.05, 0.1) is 0 Å². The van der Waals surface area contributed by atoms with Crippen molar-refractivity contribution in [2.24, 2.45) is 0 Å². The Morgan fingerprint density at radius 2 is 2.18 bits per heavy atom. The van der Waals surface area contributed by atoms with Crippen molar-refractivity contribution in [3.8, 4) is 0 Å². The summed E-state index contributed by atoms with van der Waals surface area (Å²) in [7, 11) is 0. The molecule has 96 valence electrons. The largest absolute Gasteiger partial charge is 0.480 e. The molecule has 0 aromatic heterocycles. The number of rotatable bonds is 4. The molecular formula is C10H14ClNO4S. The highest BCUT2D eigenvalue weighted by Gasteiger charge is 2.36. The van der Waals surface area contributed by atoms with E-state index in [0.29, 0.717) is 19.4 Å².